The predicted molar refractivity (Wildman–Crippen MR) is 132 cm³/mol. The second kappa shape index (κ2) is 11.6. The molecule has 2 aromatic heterocycles. The Labute approximate surface area is 230 Å². The number of aliphatic hydroxyl groups is 2. The highest BCUT2D eigenvalue weighted by molar-refractivity contribution is 7.84. The average Bonchev–Trinajstić information content (AvgIpc) is 3.45. The number of carbonyl (C=O) groups is 1. The zero-order valence-corrected chi connectivity index (χ0v) is 22.0. The van der Waals surface area contributed by atoms with Crippen molar-refractivity contribution in [2.24, 2.45) is 0 Å². The average molecular weight is 607 g/mol. The normalized spacial score (nSPS) is 21.4. The highest BCUT2D eigenvalue weighted by Gasteiger charge is 2.44. The maximum atomic E-state index is 13.2. The van der Waals surface area contributed by atoms with Gasteiger partial charge < -0.3 is 20.3 Å². The van der Waals surface area contributed by atoms with E-state index in [1.165, 1.54) is 35.3 Å². The highest BCUT2D eigenvalue weighted by Crippen LogP contribution is 2.31. The number of nitrogens with one attached hydrogen (secondary N) is 2. The molecule has 0 bridgehead atoms. The third-order valence-corrected chi connectivity index (χ3v) is 7.16. The lowest BCUT2D eigenvalue weighted by Gasteiger charge is -2.19. The van der Waals surface area contributed by atoms with Crippen molar-refractivity contribution in [2.75, 3.05) is 12.4 Å². The Kier molecular flexibility index (Phi) is 8.62. The molecule has 0 radical (unpaired) electrons. The molecule has 4 atom stereocenters. The molecule has 1 aromatic carbocycles. The molecular formula is C22H22ClF3N6O7S. The Morgan fingerprint density at radius 1 is 1.25 bits per heavy atom. The van der Waals surface area contributed by atoms with Gasteiger partial charge in [-0.2, -0.15) is 18.2 Å². The van der Waals surface area contributed by atoms with Crippen LogP contribution in [0, 0.1) is 0 Å². The molecular weight excluding hydrogens is 585 g/mol. The number of hydrogen-bond donors (Lipinski definition) is 4. The molecule has 0 amide bonds. The Morgan fingerprint density at radius 2 is 2.00 bits per heavy atom. The molecule has 0 aliphatic heterocycles. The lowest BCUT2D eigenvalue weighted by molar-refractivity contribution is -0.274. The number of aromatic nitrogens is 4. The van der Waals surface area contributed by atoms with Crippen molar-refractivity contribution in [3.63, 3.8) is 0 Å². The Morgan fingerprint density at radius 3 is 2.70 bits per heavy atom. The van der Waals surface area contributed by atoms with Crippen molar-refractivity contribution < 1.29 is 45.5 Å². The molecule has 0 saturated heterocycles. The molecule has 1 aliphatic carbocycles. The summed E-state index contributed by atoms with van der Waals surface area (Å²) in [4.78, 5) is 21.1. The number of ether oxygens (including phenoxy) is 1. The van der Waals surface area contributed by atoms with Crippen molar-refractivity contribution in [1.82, 2.24) is 24.5 Å². The smallest absolute Gasteiger partial charge is 0.404 e. The maximum Gasteiger partial charge on any atom is 0.573 e. The summed E-state index contributed by atoms with van der Waals surface area (Å²) >= 11 is 5.78. The first-order valence-corrected chi connectivity index (χ1v) is 13.2. The summed E-state index contributed by atoms with van der Waals surface area (Å²) in [6.07, 6.45) is -5.57. The zero-order valence-electron chi connectivity index (χ0n) is 20.4. The molecule has 1 fully saturated rings. The van der Waals surface area contributed by atoms with Crippen LogP contribution in [0.4, 0.5) is 19.0 Å². The van der Waals surface area contributed by atoms with Gasteiger partial charge in [0, 0.05) is 25.9 Å². The molecule has 4 rings (SSSR count). The summed E-state index contributed by atoms with van der Waals surface area (Å²) < 4.78 is 73.3. The van der Waals surface area contributed by atoms with Gasteiger partial charge in [0.1, 0.15) is 41.9 Å². The number of anilines is 1. The Balaban J connectivity index is 1.49. The van der Waals surface area contributed by atoms with E-state index in [0.717, 1.165) is 19.4 Å². The molecule has 0 unspecified atom stereocenters. The minimum absolute atomic E-state index is 0.0157. The lowest BCUT2D eigenvalue weighted by atomic mass is 10.1. The van der Waals surface area contributed by atoms with Gasteiger partial charge in [-0.1, -0.05) is 17.7 Å². The van der Waals surface area contributed by atoms with E-state index in [4.69, 9.17) is 15.8 Å². The van der Waals surface area contributed by atoms with Crippen LogP contribution < -0.4 is 14.8 Å². The monoisotopic (exact) mass is 606 g/mol. The fourth-order valence-electron chi connectivity index (χ4n) is 3.97. The lowest BCUT2D eigenvalue weighted by Crippen LogP contribution is -2.38. The van der Waals surface area contributed by atoms with Crippen LogP contribution in [0.5, 0.6) is 5.75 Å². The van der Waals surface area contributed by atoms with Crippen molar-refractivity contribution in [3.8, 4) is 5.75 Å². The number of ketones is 1. The molecule has 216 valence electrons. The summed E-state index contributed by atoms with van der Waals surface area (Å²) in [7, 11) is -3.03. The van der Waals surface area contributed by atoms with Gasteiger partial charge in [-0.3, -0.25) is 13.7 Å². The molecule has 3 aromatic rings. The fraction of sp³-hybridized carbons (Fsp3) is 0.364. The van der Waals surface area contributed by atoms with Crippen LogP contribution in [-0.4, -0.2) is 81.9 Å². The summed E-state index contributed by atoms with van der Waals surface area (Å²) in [6, 6.07) is 4.26. The molecule has 1 aliphatic rings. The van der Waals surface area contributed by atoms with Crippen LogP contribution in [0.15, 0.2) is 43.0 Å². The quantitative estimate of drug-likeness (QED) is 0.244. The van der Waals surface area contributed by atoms with E-state index >= 15 is 0 Å². The second-order valence-electron chi connectivity index (χ2n) is 8.59. The summed E-state index contributed by atoms with van der Waals surface area (Å²) in [5, 5.41) is 27.4. The number of hydrogen-bond acceptors (Lipinski definition) is 11. The van der Waals surface area contributed by atoms with Crippen LogP contribution in [-0.2, 0) is 21.0 Å². The number of nitrogens with zero attached hydrogens (tertiary/aromatic N) is 4. The maximum absolute atomic E-state index is 13.2. The summed E-state index contributed by atoms with van der Waals surface area (Å²) in [6.45, 7) is -0.0157. The van der Waals surface area contributed by atoms with Crippen molar-refractivity contribution in [2.45, 2.75) is 43.7 Å². The van der Waals surface area contributed by atoms with E-state index in [2.05, 4.69) is 25.1 Å². The van der Waals surface area contributed by atoms with Gasteiger partial charge in [-0.05, 0) is 23.8 Å². The molecule has 18 heteroatoms. The van der Waals surface area contributed by atoms with Gasteiger partial charge in [0.05, 0.1) is 23.2 Å². The molecule has 40 heavy (non-hydrogen) atoms. The van der Waals surface area contributed by atoms with Gasteiger partial charge in [0.15, 0.2) is 0 Å². The highest BCUT2D eigenvalue weighted by atomic mass is 35.5. The number of carbonyl (C=O) groups excluding carboxylic acids is 1. The molecule has 0 spiro atoms. The number of benzene rings is 1. The standard InChI is InChI=1S/C22H22ClF3N6O7S/c1-27-40(36,37)39-17-7-15(19(34)20(17)35)30-21-12(8-28-10-29-21)18(33)14-4-5-32(31-14)9-11-2-3-13(23)16(6-11)38-22(24,25)26/h2-6,8,10,15,17,19-20,27,34-35H,7,9H2,1H3,(H,28,29,30)/t15-,17-,19+,20+/m1/s1. The van der Waals surface area contributed by atoms with Crippen molar-refractivity contribution in [3.05, 3.63) is 64.8 Å². The first-order chi connectivity index (χ1) is 18.8. The van der Waals surface area contributed by atoms with Crippen LogP contribution in [0.1, 0.15) is 28.0 Å². The fourth-order valence-corrected chi connectivity index (χ4v) is 4.74. The third kappa shape index (κ3) is 7.04. The molecule has 1 saturated carbocycles. The first-order valence-electron chi connectivity index (χ1n) is 11.4. The third-order valence-electron chi connectivity index (χ3n) is 5.85. The van der Waals surface area contributed by atoms with Gasteiger partial charge in [0.2, 0.25) is 5.78 Å². The van der Waals surface area contributed by atoms with E-state index in [9.17, 15) is 36.6 Å². The summed E-state index contributed by atoms with van der Waals surface area (Å²) in [5.41, 5.74) is 0.267. The number of aliphatic hydroxyl groups excluding tert-OH is 2. The SMILES string of the molecule is CNS(=O)(=O)O[C@@H]1C[C@@H](Nc2ncncc2C(=O)c2ccn(Cc3ccc(Cl)c(OC(F)(F)F)c3)n2)[C@H](O)[C@H]1O. The summed E-state index contributed by atoms with van der Waals surface area (Å²) in [5.74, 6) is -1.23. The minimum Gasteiger partial charge on any atom is -0.404 e. The van der Waals surface area contributed by atoms with E-state index in [0.29, 0.717) is 5.56 Å². The van der Waals surface area contributed by atoms with Crippen molar-refractivity contribution >= 4 is 33.5 Å². The molecule has 2 heterocycles. The van der Waals surface area contributed by atoms with Crippen LogP contribution >= 0.6 is 11.6 Å². The van der Waals surface area contributed by atoms with E-state index in [-0.39, 0.29) is 35.1 Å². The topological polar surface area (TPSA) is 178 Å². The molecule has 13 nitrogen and oxygen atoms in total. The predicted octanol–water partition coefficient (Wildman–Crippen LogP) is 1.26. The Hall–Kier alpha value is -3.35. The van der Waals surface area contributed by atoms with Gasteiger partial charge in [-0.25, -0.2) is 9.97 Å². The van der Waals surface area contributed by atoms with Crippen LogP contribution in [0.2, 0.25) is 5.02 Å². The number of rotatable bonds is 10. The van der Waals surface area contributed by atoms with E-state index in [1.807, 2.05) is 4.72 Å². The minimum atomic E-state index is -4.93. The molecule has 4 N–H and O–H groups in total. The van der Waals surface area contributed by atoms with Crippen LogP contribution in [0.25, 0.3) is 0 Å². The first kappa shape index (κ1) is 29.6. The Bertz CT molecular complexity index is 1490. The van der Waals surface area contributed by atoms with E-state index < -0.39 is 52.6 Å². The van der Waals surface area contributed by atoms with Gasteiger partial charge >= 0.3 is 16.7 Å². The van der Waals surface area contributed by atoms with Gasteiger partial charge in [0.25, 0.3) is 0 Å². The zero-order chi connectivity index (χ0) is 29.2. The van der Waals surface area contributed by atoms with Gasteiger partial charge in [-0.15, -0.1) is 13.2 Å². The van der Waals surface area contributed by atoms with Crippen molar-refractivity contribution in [1.29, 1.82) is 0 Å². The largest absolute Gasteiger partial charge is 0.573 e. The second-order valence-corrected chi connectivity index (χ2v) is 10.5. The van der Waals surface area contributed by atoms with Crippen LogP contribution in [0.3, 0.4) is 0 Å². The number of alkyl halides is 3. The number of halogens is 4. The van der Waals surface area contributed by atoms with E-state index in [1.54, 1.807) is 0 Å².